The van der Waals surface area contributed by atoms with Crippen LogP contribution in [-0.4, -0.2) is 37.2 Å². The zero-order valence-electron chi connectivity index (χ0n) is 14.2. The first-order valence-corrected chi connectivity index (χ1v) is 8.81. The minimum absolute atomic E-state index is 0.0584. The molecule has 3 N–H and O–H groups in total. The molecule has 1 aliphatic heterocycles. The van der Waals surface area contributed by atoms with Crippen molar-refractivity contribution in [3.05, 3.63) is 29.8 Å². The number of rotatable bonds is 6. The predicted octanol–water partition coefficient (Wildman–Crippen LogP) is 2.02. The van der Waals surface area contributed by atoms with Gasteiger partial charge >= 0.3 is 0 Å². The Labute approximate surface area is 143 Å². The summed E-state index contributed by atoms with van der Waals surface area (Å²) in [5.41, 5.74) is 1.86. The van der Waals surface area contributed by atoms with Crippen LogP contribution < -0.4 is 16.0 Å². The van der Waals surface area contributed by atoms with Crippen LogP contribution in [0.5, 0.6) is 0 Å². The second-order valence-electron chi connectivity index (χ2n) is 6.31. The van der Waals surface area contributed by atoms with Crippen molar-refractivity contribution in [1.29, 1.82) is 0 Å². The molecule has 1 saturated carbocycles. The third kappa shape index (κ3) is 4.96. The second kappa shape index (κ2) is 8.15. The number of carbonyl (C=O) groups excluding carboxylic acids is 1. The molecule has 1 saturated heterocycles. The lowest BCUT2D eigenvalue weighted by molar-refractivity contribution is -0.124. The minimum atomic E-state index is -0.310. The smallest absolute Gasteiger partial charge is 0.253 e. The Bertz CT molecular complexity index is 592. The quantitative estimate of drug-likeness (QED) is 0.551. The van der Waals surface area contributed by atoms with Crippen molar-refractivity contribution < 1.29 is 9.53 Å². The minimum Gasteiger partial charge on any atom is -0.368 e. The highest BCUT2D eigenvalue weighted by atomic mass is 16.5. The van der Waals surface area contributed by atoms with Crippen molar-refractivity contribution in [2.75, 3.05) is 18.5 Å². The fourth-order valence-corrected chi connectivity index (χ4v) is 2.67. The lowest BCUT2D eigenvalue weighted by atomic mass is 10.2. The van der Waals surface area contributed by atoms with E-state index in [2.05, 4.69) is 27.9 Å². The van der Waals surface area contributed by atoms with E-state index in [1.807, 2.05) is 24.3 Å². The Kier molecular flexibility index (Phi) is 5.69. The first-order chi connectivity index (χ1) is 11.7. The molecule has 0 spiro atoms. The number of benzene rings is 1. The Morgan fingerprint density at radius 2 is 2.21 bits per heavy atom. The van der Waals surface area contributed by atoms with E-state index in [1.165, 1.54) is 12.8 Å². The van der Waals surface area contributed by atoms with Crippen molar-refractivity contribution >= 4 is 17.6 Å². The van der Waals surface area contributed by atoms with Gasteiger partial charge in [0.05, 0.1) is 6.54 Å². The largest absolute Gasteiger partial charge is 0.368 e. The molecule has 130 valence electrons. The summed E-state index contributed by atoms with van der Waals surface area (Å²) in [6.45, 7) is 4.15. The van der Waals surface area contributed by atoms with Gasteiger partial charge in [0.1, 0.15) is 6.10 Å². The zero-order chi connectivity index (χ0) is 16.8. The lowest BCUT2D eigenvalue weighted by Gasteiger charge is -2.12. The number of aliphatic imine (C=N–C) groups is 1. The molecular weight excluding hydrogens is 304 g/mol. The van der Waals surface area contributed by atoms with Crippen LogP contribution in [0.4, 0.5) is 5.69 Å². The molecule has 2 fully saturated rings. The number of carbonyl (C=O) groups is 1. The molecule has 1 aromatic carbocycles. The van der Waals surface area contributed by atoms with Crippen LogP contribution in [0.1, 0.15) is 38.2 Å². The summed E-state index contributed by atoms with van der Waals surface area (Å²) < 4.78 is 5.42. The maximum atomic E-state index is 12.1. The van der Waals surface area contributed by atoms with Gasteiger partial charge in [-0.05, 0) is 50.3 Å². The normalized spacial score (nSPS) is 20.7. The molecule has 0 radical (unpaired) electrons. The summed E-state index contributed by atoms with van der Waals surface area (Å²) in [6.07, 6.45) is 3.88. The molecule has 2 aliphatic rings. The van der Waals surface area contributed by atoms with E-state index in [-0.39, 0.29) is 12.0 Å². The van der Waals surface area contributed by atoms with E-state index in [0.29, 0.717) is 19.2 Å². The van der Waals surface area contributed by atoms with Crippen molar-refractivity contribution in [2.45, 2.75) is 51.3 Å². The SMILES string of the molecule is CCNC(=NCc1cccc(NC(=O)C2CCCO2)c1)NC1CC1. The number of nitrogens with one attached hydrogen (secondary N) is 3. The van der Waals surface area contributed by atoms with Gasteiger partial charge in [-0.25, -0.2) is 4.99 Å². The highest BCUT2D eigenvalue weighted by Crippen LogP contribution is 2.19. The number of anilines is 1. The average molecular weight is 330 g/mol. The van der Waals surface area contributed by atoms with Crippen LogP contribution >= 0.6 is 0 Å². The molecule has 1 atom stereocenters. The summed E-state index contributed by atoms with van der Waals surface area (Å²) in [5.74, 6) is 0.797. The molecule has 1 aliphatic carbocycles. The van der Waals surface area contributed by atoms with Gasteiger partial charge < -0.3 is 20.7 Å². The van der Waals surface area contributed by atoms with Gasteiger partial charge in [0.25, 0.3) is 5.91 Å². The second-order valence-corrected chi connectivity index (χ2v) is 6.31. The van der Waals surface area contributed by atoms with Crippen molar-refractivity contribution in [2.24, 2.45) is 4.99 Å². The molecule has 0 aromatic heterocycles. The Morgan fingerprint density at radius 3 is 2.92 bits per heavy atom. The molecule has 3 rings (SSSR count). The zero-order valence-corrected chi connectivity index (χ0v) is 14.2. The fourth-order valence-electron chi connectivity index (χ4n) is 2.67. The van der Waals surface area contributed by atoms with Gasteiger partial charge in [-0.2, -0.15) is 0 Å². The van der Waals surface area contributed by atoms with Crippen LogP contribution in [-0.2, 0) is 16.1 Å². The molecule has 1 amide bonds. The molecule has 0 bridgehead atoms. The van der Waals surface area contributed by atoms with Crippen LogP contribution in [0, 0.1) is 0 Å². The van der Waals surface area contributed by atoms with Crippen molar-refractivity contribution in [1.82, 2.24) is 10.6 Å². The molecule has 6 heteroatoms. The van der Waals surface area contributed by atoms with Gasteiger partial charge in [0.15, 0.2) is 5.96 Å². The first-order valence-electron chi connectivity index (χ1n) is 8.81. The van der Waals surface area contributed by atoms with Crippen LogP contribution in [0.3, 0.4) is 0 Å². The number of amides is 1. The standard InChI is InChI=1S/C18H26N4O2/c1-2-19-18(22-14-8-9-14)20-12-13-5-3-6-15(11-13)21-17(23)16-7-4-10-24-16/h3,5-6,11,14,16H,2,4,7-10,12H2,1H3,(H,21,23)(H2,19,20,22). The summed E-state index contributed by atoms with van der Waals surface area (Å²) in [5, 5.41) is 9.59. The van der Waals surface area contributed by atoms with Crippen molar-refractivity contribution in [3.8, 4) is 0 Å². The predicted molar refractivity (Wildman–Crippen MR) is 95.0 cm³/mol. The van der Waals surface area contributed by atoms with E-state index in [0.717, 1.165) is 36.6 Å². The van der Waals surface area contributed by atoms with E-state index in [1.54, 1.807) is 0 Å². The summed E-state index contributed by atoms with van der Waals surface area (Å²) in [7, 11) is 0. The third-order valence-corrected chi connectivity index (χ3v) is 4.10. The molecule has 1 aromatic rings. The maximum Gasteiger partial charge on any atom is 0.253 e. The summed E-state index contributed by atoms with van der Waals surface area (Å²) in [4.78, 5) is 16.7. The fraction of sp³-hybridized carbons (Fsp3) is 0.556. The number of nitrogens with zero attached hydrogens (tertiary/aromatic N) is 1. The van der Waals surface area contributed by atoms with Gasteiger partial charge in [0, 0.05) is 24.9 Å². The van der Waals surface area contributed by atoms with E-state index in [9.17, 15) is 4.79 Å². The number of guanidine groups is 1. The van der Waals surface area contributed by atoms with E-state index in [4.69, 9.17) is 4.74 Å². The van der Waals surface area contributed by atoms with E-state index < -0.39 is 0 Å². The highest BCUT2D eigenvalue weighted by Gasteiger charge is 2.23. The molecule has 24 heavy (non-hydrogen) atoms. The lowest BCUT2D eigenvalue weighted by Crippen LogP contribution is -2.38. The Balaban J connectivity index is 1.58. The van der Waals surface area contributed by atoms with Crippen molar-refractivity contribution in [3.63, 3.8) is 0 Å². The molecular formula is C18H26N4O2. The summed E-state index contributed by atoms with van der Waals surface area (Å²) >= 11 is 0. The van der Waals surface area contributed by atoms with Gasteiger partial charge in [-0.15, -0.1) is 0 Å². The van der Waals surface area contributed by atoms with Gasteiger partial charge in [0.2, 0.25) is 0 Å². The number of hydrogen-bond donors (Lipinski definition) is 3. The average Bonchev–Trinajstić information content (AvgIpc) is 3.22. The third-order valence-electron chi connectivity index (χ3n) is 4.10. The first kappa shape index (κ1) is 16.8. The van der Waals surface area contributed by atoms with Crippen LogP contribution in [0.25, 0.3) is 0 Å². The molecule has 1 unspecified atom stereocenters. The Morgan fingerprint density at radius 1 is 1.33 bits per heavy atom. The van der Waals surface area contributed by atoms with Gasteiger partial charge in [-0.3, -0.25) is 4.79 Å². The molecule has 1 heterocycles. The van der Waals surface area contributed by atoms with Crippen LogP contribution in [0.2, 0.25) is 0 Å². The topological polar surface area (TPSA) is 74.8 Å². The Hall–Kier alpha value is -2.08. The number of hydrogen-bond acceptors (Lipinski definition) is 3. The monoisotopic (exact) mass is 330 g/mol. The van der Waals surface area contributed by atoms with E-state index >= 15 is 0 Å². The number of ether oxygens (including phenoxy) is 1. The van der Waals surface area contributed by atoms with Crippen LogP contribution in [0.15, 0.2) is 29.3 Å². The molecule has 6 nitrogen and oxygen atoms in total. The highest BCUT2D eigenvalue weighted by molar-refractivity contribution is 5.94. The summed E-state index contributed by atoms with van der Waals surface area (Å²) in [6, 6.07) is 8.40. The van der Waals surface area contributed by atoms with Gasteiger partial charge in [-0.1, -0.05) is 12.1 Å². The maximum absolute atomic E-state index is 12.1.